The molecule has 0 aliphatic heterocycles. The number of hydrogen-bond acceptors (Lipinski definition) is 6. The van der Waals surface area contributed by atoms with E-state index in [9.17, 15) is 19.8 Å². The lowest BCUT2D eigenvalue weighted by molar-refractivity contribution is -0.146. The second kappa shape index (κ2) is 7.43. The largest absolute Gasteiger partial charge is 0.467 e. The molecular weight excluding hydrogens is 292 g/mol. The number of furan rings is 2. The van der Waals surface area contributed by atoms with Gasteiger partial charge >= 0.3 is 0 Å². The third-order valence-corrected chi connectivity index (χ3v) is 2.87. The molecule has 118 valence electrons. The predicted octanol–water partition coefficient (Wildman–Crippen LogP) is -0.473. The molecule has 0 spiro atoms. The van der Waals surface area contributed by atoms with E-state index >= 15 is 0 Å². The Morgan fingerprint density at radius 3 is 1.64 bits per heavy atom. The quantitative estimate of drug-likeness (QED) is 0.548. The van der Waals surface area contributed by atoms with Crippen molar-refractivity contribution in [1.82, 2.24) is 10.6 Å². The van der Waals surface area contributed by atoms with Gasteiger partial charge in [-0.2, -0.15) is 0 Å². The van der Waals surface area contributed by atoms with Crippen LogP contribution in [0.5, 0.6) is 0 Å². The van der Waals surface area contributed by atoms with Crippen LogP contribution in [-0.2, 0) is 22.7 Å². The van der Waals surface area contributed by atoms with E-state index in [2.05, 4.69) is 10.6 Å². The van der Waals surface area contributed by atoms with E-state index in [0.717, 1.165) is 0 Å². The van der Waals surface area contributed by atoms with Gasteiger partial charge in [-0.25, -0.2) is 0 Å². The maximum atomic E-state index is 11.7. The molecule has 2 amide bonds. The summed E-state index contributed by atoms with van der Waals surface area (Å²) < 4.78 is 10.0. The summed E-state index contributed by atoms with van der Waals surface area (Å²) in [6, 6.07) is 6.57. The molecular formula is C14H16N2O6. The van der Waals surface area contributed by atoms with Crippen molar-refractivity contribution >= 4 is 11.8 Å². The van der Waals surface area contributed by atoms with Crippen molar-refractivity contribution in [2.45, 2.75) is 25.3 Å². The van der Waals surface area contributed by atoms with Crippen LogP contribution in [-0.4, -0.2) is 34.2 Å². The van der Waals surface area contributed by atoms with Crippen LogP contribution in [0.4, 0.5) is 0 Å². The standard InChI is InChI=1S/C14H16N2O6/c17-11(13(19)15-7-9-3-1-5-21-9)12(18)14(20)16-8-10-4-2-6-22-10/h1-6,11-12,17-18H,7-8H2,(H,15,19)(H,16,20)/t11-,12-/m0/s1. The lowest BCUT2D eigenvalue weighted by Gasteiger charge is -2.16. The molecule has 2 aromatic rings. The summed E-state index contributed by atoms with van der Waals surface area (Å²) in [7, 11) is 0. The second-order valence-electron chi connectivity index (χ2n) is 4.48. The van der Waals surface area contributed by atoms with Crippen molar-refractivity contribution in [3.8, 4) is 0 Å². The van der Waals surface area contributed by atoms with Crippen LogP contribution in [0.2, 0.25) is 0 Å². The molecule has 0 bridgehead atoms. The Bertz CT molecular complexity index is 539. The zero-order valence-electron chi connectivity index (χ0n) is 11.6. The fraction of sp³-hybridized carbons (Fsp3) is 0.286. The number of aliphatic hydroxyl groups excluding tert-OH is 2. The van der Waals surface area contributed by atoms with Crippen molar-refractivity contribution in [3.05, 3.63) is 48.3 Å². The molecule has 0 saturated heterocycles. The normalized spacial score (nSPS) is 13.4. The molecule has 8 nitrogen and oxygen atoms in total. The van der Waals surface area contributed by atoms with Crippen LogP contribution in [0.3, 0.4) is 0 Å². The molecule has 2 aromatic heterocycles. The van der Waals surface area contributed by atoms with Gasteiger partial charge < -0.3 is 29.7 Å². The van der Waals surface area contributed by atoms with Gasteiger partial charge in [-0.05, 0) is 24.3 Å². The van der Waals surface area contributed by atoms with Crippen molar-refractivity contribution < 1.29 is 28.6 Å². The van der Waals surface area contributed by atoms with Gasteiger partial charge in [-0.3, -0.25) is 9.59 Å². The minimum absolute atomic E-state index is 0.0453. The van der Waals surface area contributed by atoms with Crippen LogP contribution in [0.1, 0.15) is 11.5 Å². The van der Waals surface area contributed by atoms with Crippen molar-refractivity contribution in [2.75, 3.05) is 0 Å². The molecule has 0 aliphatic rings. The Kier molecular flexibility index (Phi) is 5.34. The summed E-state index contributed by atoms with van der Waals surface area (Å²) >= 11 is 0. The number of hydrogen-bond donors (Lipinski definition) is 4. The molecule has 2 rings (SSSR count). The SMILES string of the molecule is O=C(NCc1ccco1)[C@@H](O)[C@H](O)C(=O)NCc1ccco1. The average molecular weight is 308 g/mol. The van der Waals surface area contributed by atoms with E-state index in [1.165, 1.54) is 12.5 Å². The summed E-state index contributed by atoms with van der Waals surface area (Å²) in [5.74, 6) is -0.788. The van der Waals surface area contributed by atoms with Crippen LogP contribution in [0.25, 0.3) is 0 Å². The Hall–Kier alpha value is -2.58. The first-order chi connectivity index (χ1) is 10.6. The zero-order chi connectivity index (χ0) is 15.9. The highest BCUT2D eigenvalue weighted by atomic mass is 16.4. The van der Waals surface area contributed by atoms with Gasteiger partial charge in [0, 0.05) is 0 Å². The molecule has 4 N–H and O–H groups in total. The van der Waals surface area contributed by atoms with Gasteiger partial charge in [0.05, 0.1) is 25.6 Å². The van der Waals surface area contributed by atoms with Crippen molar-refractivity contribution in [3.63, 3.8) is 0 Å². The summed E-state index contributed by atoms with van der Waals surface area (Å²) in [6.45, 7) is 0.0905. The molecule has 0 radical (unpaired) electrons. The monoisotopic (exact) mass is 308 g/mol. The third kappa shape index (κ3) is 4.21. The molecule has 2 heterocycles. The number of aliphatic hydroxyl groups is 2. The third-order valence-electron chi connectivity index (χ3n) is 2.87. The van der Waals surface area contributed by atoms with Crippen molar-refractivity contribution in [1.29, 1.82) is 0 Å². The van der Waals surface area contributed by atoms with E-state index in [4.69, 9.17) is 8.83 Å². The molecule has 2 atom stereocenters. The summed E-state index contributed by atoms with van der Waals surface area (Å²) in [4.78, 5) is 23.3. The number of carbonyl (C=O) groups is 2. The van der Waals surface area contributed by atoms with Gasteiger partial charge in [0.25, 0.3) is 11.8 Å². The number of nitrogens with one attached hydrogen (secondary N) is 2. The van der Waals surface area contributed by atoms with Gasteiger partial charge in [0.2, 0.25) is 0 Å². The van der Waals surface area contributed by atoms with Gasteiger partial charge in [0.15, 0.2) is 12.2 Å². The van der Waals surface area contributed by atoms with Crippen LogP contribution < -0.4 is 10.6 Å². The van der Waals surface area contributed by atoms with Crippen LogP contribution in [0, 0.1) is 0 Å². The van der Waals surface area contributed by atoms with E-state index in [1.54, 1.807) is 24.3 Å². The van der Waals surface area contributed by atoms with Crippen molar-refractivity contribution in [2.24, 2.45) is 0 Å². The molecule has 0 unspecified atom stereocenters. The molecule has 0 aliphatic carbocycles. The lowest BCUT2D eigenvalue weighted by Crippen LogP contribution is -2.49. The van der Waals surface area contributed by atoms with E-state index in [1.807, 2.05) is 0 Å². The zero-order valence-corrected chi connectivity index (χ0v) is 11.6. The Labute approximate surface area is 125 Å². The van der Waals surface area contributed by atoms with Gasteiger partial charge in [-0.15, -0.1) is 0 Å². The number of rotatable bonds is 7. The highest BCUT2D eigenvalue weighted by molar-refractivity contribution is 5.90. The molecule has 8 heteroatoms. The van der Waals surface area contributed by atoms with E-state index in [-0.39, 0.29) is 13.1 Å². The highest BCUT2D eigenvalue weighted by Crippen LogP contribution is 2.02. The fourth-order valence-electron chi connectivity index (χ4n) is 1.67. The fourth-order valence-corrected chi connectivity index (χ4v) is 1.67. The smallest absolute Gasteiger partial charge is 0.252 e. The van der Waals surface area contributed by atoms with Gasteiger partial charge in [-0.1, -0.05) is 0 Å². The summed E-state index contributed by atoms with van der Waals surface area (Å²) in [5, 5.41) is 24.0. The van der Waals surface area contributed by atoms with Crippen LogP contribution in [0.15, 0.2) is 45.6 Å². The maximum Gasteiger partial charge on any atom is 0.252 e. The summed E-state index contributed by atoms with van der Waals surface area (Å²) in [5.41, 5.74) is 0. The highest BCUT2D eigenvalue weighted by Gasteiger charge is 2.30. The molecule has 22 heavy (non-hydrogen) atoms. The first kappa shape index (κ1) is 15.8. The van der Waals surface area contributed by atoms with Gasteiger partial charge in [0.1, 0.15) is 11.5 Å². The Morgan fingerprint density at radius 1 is 0.909 bits per heavy atom. The Morgan fingerprint density at radius 2 is 1.32 bits per heavy atom. The Balaban J connectivity index is 1.78. The summed E-state index contributed by atoms with van der Waals surface area (Å²) in [6.07, 6.45) is -0.887. The first-order valence-corrected chi connectivity index (χ1v) is 6.54. The molecule has 0 aromatic carbocycles. The van der Waals surface area contributed by atoms with E-state index < -0.39 is 24.0 Å². The minimum Gasteiger partial charge on any atom is -0.467 e. The second-order valence-corrected chi connectivity index (χ2v) is 4.48. The number of carbonyl (C=O) groups excluding carboxylic acids is 2. The van der Waals surface area contributed by atoms with Crippen LogP contribution >= 0.6 is 0 Å². The topological polar surface area (TPSA) is 125 Å². The number of amides is 2. The minimum atomic E-state index is -1.88. The predicted molar refractivity (Wildman–Crippen MR) is 73.1 cm³/mol. The van der Waals surface area contributed by atoms with E-state index in [0.29, 0.717) is 11.5 Å². The first-order valence-electron chi connectivity index (χ1n) is 6.54. The molecule has 0 saturated carbocycles. The molecule has 0 fully saturated rings. The maximum absolute atomic E-state index is 11.7. The average Bonchev–Trinajstić information content (AvgIpc) is 3.21. The lowest BCUT2D eigenvalue weighted by atomic mass is 10.1.